The first-order valence-electron chi connectivity index (χ1n) is 5.85. The van der Waals surface area contributed by atoms with Gasteiger partial charge in [0.1, 0.15) is 0 Å². The minimum Gasteiger partial charge on any atom is -0.302 e. The van der Waals surface area contributed by atoms with Crippen molar-refractivity contribution in [3.05, 3.63) is 0 Å². The maximum atomic E-state index is 13.3. The Morgan fingerprint density at radius 3 is 2.44 bits per heavy atom. The second-order valence-corrected chi connectivity index (χ2v) is 5.05. The Labute approximate surface area is 104 Å². The van der Waals surface area contributed by atoms with Crippen LogP contribution in [0.15, 0.2) is 0 Å². The number of halogens is 1. The summed E-state index contributed by atoms with van der Waals surface area (Å²) < 4.78 is 13.3. The first-order chi connectivity index (χ1) is 8.37. The maximum absolute atomic E-state index is 13.3. The van der Waals surface area contributed by atoms with Crippen molar-refractivity contribution in [2.45, 2.75) is 31.0 Å². The minimum absolute atomic E-state index is 0.123. The van der Waals surface area contributed by atoms with Gasteiger partial charge in [0, 0.05) is 12.1 Å². The molecule has 18 heavy (non-hydrogen) atoms. The first-order valence-corrected chi connectivity index (χ1v) is 5.85. The quantitative estimate of drug-likeness (QED) is 0.716. The highest BCUT2D eigenvalue weighted by Gasteiger charge is 2.47. The summed E-state index contributed by atoms with van der Waals surface area (Å²) in [7, 11) is 3.73. The highest BCUT2D eigenvalue weighted by atomic mass is 19.1. The van der Waals surface area contributed by atoms with E-state index in [-0.39, 0.29) is 12.1 Å². The number of nitrogens with one attached hydrogen (secondary N) is 1. The summed E-state index contributed by atoms with van der Waals surface area (Å²) in [6, 6.07) is -0.827. The molecule has 0 aromatic carbocycles. The van der Waals surface area contributed by atoms with E-state index in [4.69, 9.17) is 0 Å². The lowest BCUT2D eigenvalue weighted by atomic mass is 9.75. The molecule has 2 rings (SSSR count). The molecule has 0 radical (unpaired) electrons. The van der Waals surface area contributed by atoms with E-state index in [2.05, 4.69) is 0 Å². The van der Waals surface area contributed by atoms with Gasteiger partial charge in [-0.3, -0.25) is 19.8 Å². The highest BCUT2D eigenvalue weighted by molar-refractivity contribution is 6.18. The monoisotopic (exact) mass is 257 g/mol. The van der Waals surface area contributed by atoms with Crippen LogP contribution in [0.3, 0.4) is 0 Å². The van der Waals surface area contributed by atoms with Gasteiger partial charge in [-0.1, -0.05) is 0 Å². The van der Waals surface area contributed by atoms with Crippen LogP contribution in [0.25, 0.3) is 0 Å². The van der Waals surface area contributed by atoms with Crippen molar-refractivity contribution in [1.29, 1.82) is 0 Å². The number of carbonyl (C=O) groups is 3. The molecule has 1 aliphatic carbocycles. The summed E-state index contributed by atoms with van der Waals surface area (Å²) in [5.74, 6) is -2.23. The molecule has 4 amide bonds. The smallest absolute Gasteiger partial charge is 0.302 e. The van der Waals surface area contributed by atoms with Crippen LogP contribution in [0.2, 0.25) is 0 Å². The topological polar surface area (TPSA) is 69.7 Å². The van der Waals surface area contributed by atoms with Crippen molar-refractivity contribution in [2.75, 3.05) is 20.6 Å². The van der Waals surface area contributed by atoms with Gasteiger partial charge >= 0.3 is 6.03 Å². The zero-order valence-corrected chi connectivity index (χ0v) is 10.4. The van der Waals surface area contributed by atoms with Crippen LogP contribution >= 0.6 is 0 Å². The Bertz CT molecular complexity index is 406. The third kappa shape index (κ3) is 1.88. The number of imide groups is 2. The molecular weight excluding hydrogens is 241 g/mol. The number of amides is 4. The van der Waals surface area contributed by atoms with Crippen LogP contribution in [-0.2, 0) is 9.59 Å². The number of likely N-dealkylation sites (N-methyl/N-ethyl adjacent to an activating group) is 1. The van der Waals surface area contributed by atoms with Gasteiger partial charge in [-0.05, 0) is 33.4 Å². The summed E-state index contributed by atoms with van der Waals surface area (Å²) in [5, 5.41) is 1.85. The standard InChI is InChI=1S/C11H16FN3O3/c1-14(2)11(4-3-5-11)6-15-9(17)7(12)8(16)13-10(15)18/h7H,3-6H2,1-2H3,(H,13,16,18). The molecule has 1 aliphatic heterocycles. The van der Waals surface area contributed by atoms with Crippen LogP contribution < -0.4 is 5.32 Å². The maximum Gasteiger partial charge on any atom is 0.330 e. The molecule has 0 bridgehead atoms. The molecule has 0 spiro atoms. The molecular formula is C11H16FN3O3. The van der Waals surface area contributed by atoms with Crippen molar-refractivity contribution in [3.8, 4) is 0 Å². The lowest BCUT2D eigenvalue weighted by molar-refractivity contribution is -0.145. The minimum atomic E-state index is -2.28. The van der Waals surface area contributed by atoms with E-state index in [1.54, 1.807) is 0 Å². The fraction of sp³-hybridized carbons (Fsp3) is 0.727. The van der Waals surface area contributed by atoms with Crippen LogP contribution in [0.1, 0.15) is 19.3 Å². The molecule has 1 heterocycles. The number of alkyl halides is 1. The molecule has 6 nitrogen and oxygen atoms in total. The number of hydrogen-bond donors (Lipinski definition) is 1. The second kappa shape index (κ2) is 4.31. The number of hydrogen-bond acceptors (Lipinski definition) is 4. The number of barbiturate groups is 1. The van der Waals surface area contributed by atoms with Crippen LogP contribution in [0.4, 0.5) is 9.18 Å². The molecule has 0 aromatic rings. The molecule has 1 N–H and O–H groups in total. The van der Waals surface area contributed by atoms with Crippen LogP contribution in [0.5, 0.6) is 0 Å². The molecule has 0 aromatic heterocycles. The van der Waals surface area contributed by atoms with Gasteiger partial charge in [-0.15, -0.1) is 0 Å². The van der Waals surface area contributed by atoms with Crippen molar-refractivity contribution >= 4 is 17.8 Å². The Morgan fingerprint density at radius 2 is 2.00 bits per heavy atom. The third-order valence-electron chi connectivity index (χ3n) is 3.87. The Balaban J connectivity index is 2.15. The van der Waals surface area contributed by atoms with Crippen molar-refractivity contribution in [1.82, 2.24) is 15.1 Å². The lowest BCUT2D eigenvalue weighted by Crippen LogP contribution is -2.65. The summed E-state index contributed by atoms with van der Waals surface area (Å²) in [6.45, 7) is 0.123. The Morgan fingerprint density at radius 1 is 1.39 bits per heavy atom. The zero-order chi connectivity index (χ0) is 13.5. The summed E-state index contributed by atoms with van der Waals surface area (Å²) in [6.07, 6.45) is 0.436. The van der Waals surface area contributed by atoms with Gasteiger partial charge in [0.2, 0.25) is 0 Å². The van der Waals surface area contributed by atoms with Crippen molar-refractivity contribution in [2.24, 2.45) is 0 Å². The second-order valence-electron chi connectivity index (χ2n) is 5.05. The van der Waals surface area contributed by atoms with Crippen LogP contribution in [0, 0.1) is 0 Å². The molecule has 1 atom stereocenters. The van der Waals surface area contributed by atoms with E-state index >= 15 is 0 Å². The molecule has 1 unspecified atom stereocenters. The molecule has 1 saturated heterocycles. The first kappa shape index (κ1) is 12.9. The molecule has 7 heteroatoms. The van der Waals surface area contributed by atoms with E-state index in [1.807, 2.05) is 24.3 Å². The van der Waals surface area contributed by atoms with Gasteiger partial charge in [-0.2, -0.15) is 0 Å². The number of carbonyl (C=O) groups excluding carboxylic acids is 3. The largest absolute Gasteiger partial charge is 0.330 e. The van der Waals surface area contributed by atoms with E-state index in [9.17, 15) is 18.8 Å². The van der Waals surface area contributed by atoms with Crippen molar-refractivity contribution < 1.29 is 18.8 Å². The third-order valence-corrected chi connectivity index (χ3v) is 3.87. The molecule has 2 aliphatic rings. The number of urea groups is 1. The van der Waals surface area contributed by atoms with Gasteiger partial charge < -0.3 is 4.90 Å². The SMILES string of the molecule is CN(C)C1(CN2C(=O)NC(=O)C(F)C2=O)CCC1. The van der Waals surface area contributed by atoms with E-state index in [0.29, 0.717) is 0 Å². The van der Waals surface area contributed by atoms with E-state index in [1.165, 1.54) is 0 Å². The lowest BCUT2D eigenvalue weighted by Gasteiger charge is -2.49. The Hall–Kier alpha value is -1.50. The predicted octanol–water partition coefficient (Wildman–Crippen LogP) is -0.113. The average Bonchev–Trinajstić information content (AvgIpc) is 2.23. The molecule has 100 valence electrons. The molecule has 1 saturated carbocycles. The van der Waals surface area contributed by atoms with Crippen LogP contribution in [-0.4, -0.2) is 60.0 Å². The van der Waals surface area contributed by atoms with E-state index < -0.39 is 24.0 Å². The number of nitrogens with zero attached hydrogens (tertiary/aromatic N) is 2. The summed E-state index contributed by atoms with van der Waals surface area (Å²) in [5.41, 5.74) is -0.285. The van der Waals surface area contributed by atoms with Gasteiger partial charge in [0.15, 0.2) is 0 Å². The predicted molar refractivity (Wildman–Crippen MR) is 60.4 cm³/mol. The van der Waals surface area contributed by atoms with Crippen molar-refractivity contribution in [3.63, 3.8) is 0 Å². The molecule has 2 fully saturated rings. The average molecular weight is 257 g/mol. The summed E-state index contributed by atoms with van der Waals surface area (Å²) in [4.78, 5) is 37.0. The zero-order valence-electron chi connectivity index (χ0n) is 10.4. The fourth-order valence-corrected chi connectivity index (χ4v) is 2.36. The number of rotatable bonds is 3. The van der Waals surface area contributed by atoms with E-state index in [0.717, 1.165) is 24.2 Å². The van der Waals surface area contributed by atoms with Gasteiger partial charge in [-0.25, -0.2) is 9.18 Å². The fourth-order valence-electron chi connectivity index (χ4n) is 2.36. The van der Waals surface area contributed by atoms with Gasteiger partial charge in [0.25, 0.3) is 18.0 Å². The summed E-state index contributed by atoms with van der Waals surface area (Å²) >= 11 is 0. The highest BCUT2D eigenvalue weighted by Crippen LogP contribution is 2.37. The van der Waals surface area contributed by atoms with Gasteiger partial charge in [0.05, 0.1) is 0 Å². The Kier molecular flexibility index (Phi) is 3.10. The normalized spacial score (nSPS) is 27.2.